The largest absolute Gasteiger partial charge is 0.455 e. The Morgan fingerprint density at radius 1 is 1.36 bits per heavy atom. The molecule has 0 aliphatic heterocycles. The second-order valence-electron chi connectivity index (χ2n) is 5.67. The average molecular weight is 341 g/mol. The smallest absolute Gasteiger partial charge is 0.315 e. The Kier molecular flexibility index (Phi) is 3.65. The Morgan fingerprint density at radius 2 is 2.00 bits per heavy atom. The Hall–Kier alpha value is -1.59. The van der Waals surface area contributed by atoms with Gasteiger partial charge in [0.15, 0.2) is 6.61 Å². The lowest BCUT2D eigenvalue weighted by Crippen LogP contribution is -2.21. The molecule has 5 nitrogen and oxygen atoms in total. The van der Waals surface area contributed by atoms with Crippen LogP contribution in [-0.4, -0.2) is 20.4 Å². The molecular weight excluding hydrogens is 327 g/mol. The molecular formula is C15H14Cl2N2O3. The molecule has 1 aliphatic rings. The summed E-state index contributed by atoms with van der Waals surface area (Å²) in [6.07, 6.45) is 0.375. The highest BCUT2D eigenvalue weighted by atomic mass is 35.5. The third-order valence-electron chi connectivity index (χ3n) is 3.81. The maximum absolute atomic E-state index is 11.9. The van der Waals surface area contributed by atoms with Crippen LogP contribution >= 0.6 is 23.2 Å². The van der Waals surface area contributed by atoms with Crippen LogP contribution in [0.4, 0.5) is 0 Å². The zero-order valence-electron chi connectivity index (χ0n) is 12.1. The molecule has 0 spiro atoms. The highest BCUT2D eigenvalue weighted by Crippen LogP contribution is 2.64. The van der Waals surface area contributed by atoms with E-state index >= 15 is 0 Å². The van der Waals surface area contributed by atoms with E-state index in [0.717, 1.165) is 11.1 Å². The van der Waals surface area contributed by atoms with E-state index < -0.39 is 15.7 Å². The normalized spacial score (nSPS) is 22.4. The molecule has 1 aromatic carbocycles. The van der Waals surface area contributed by atoms with E-state index in [-0.39, 0.29) is 12.5 Å². The molecule has 1 saturated carbocycles. The number of aromatic nitrogens is 2. The van der Waals surface area contributed by atoms with Gasteiger partial charge in [-0.2, -0.15) is 4.98 Å². The number of halogens is 2. The van der Waals surface area contributed by atoms with Crippen LogP contribution < -0.4 is 0 Å². The van der Waals surface area contributed by atoms with Gasteiger partial charge in [-0.1, -0.05) is 35.0 Å². The molecule has 7 heteroatoms. The molecule has 3 rings (SSSR count). The quantitative estimate of drug-likeness (QED) is 0.627. The van der Waals surface area contributed by atoms with Crippen LogP contribution in [0.3, 0.4) is 0 Å². The molecule has 116 valence electrons. The van der Waals surface area contributed by atoms with Crippen LogP contribution in [0, 0.1) is 12.3 Å². The monoisotopic (exact) mass is 340 g/mol. The topological polar surface area (TPSA) is 65.2 Å². The molecule has 1 aliphatic carbocycles. The van der Waals surface area contributed by atoms with Crippen molar-refractivity contribution in [3.8, 4) is 11.4 Å². The molecule has 0 bridgehead atoms. The summed E-state index contributed by atoms with van der Waals surface area (Å²) in [5.41, 5.74) is 1.11. The van der Waals surface area contributed by atoms with Crippen molar-refractivity contribution in [2.75, 3.05) is 0 Å². The van der Waals surface area contributed by atoms with Gasteiger partial charge in [-0.25, -0.2) is 0 Å². The Balaban J connectivity index is 1.63. The van der Waals surface area contributed by atoms with E-state index in [2.05, 4.69) is 10.1 Å². The third-order valence-corrected chi connectivity index (χ3v) is 4.91. The molecule has 22 heavy (non-hydrogen) atoms. The number of esters is 1. The number of rotatable bonds is 4. The summed E-state index contributed by atoms with van der Waals surface area (Å²) in [7, 11) is 0. The SMILES string of the molecule is Cc1ccc(-c2noc(COC(=O)C3(C)CC3(Cl)Cl)n2)cc1. The van der Waals surface area contributed by atoms with Crippen molar-refractivity contribution in [3.05, 3.63) is 35.7 Å². The van der Waals surface area contributed by atoms with Crippen molar-refractivity contribution in [2.24, 2.45) is 5.41 Å². The van der Waals surface area contributed by atoms with E-state index in [1.807, 2.05) is 31.2 Å². The lowest BCUT2D eigenvalue weighted by molar-refractivity contribution is -0.151. The van der Waals surface area contributed by atoms with Gasteiger partial charge in [0.2, 0.25) is 5.82 Å². The van der Waals surface area contributed by atoms with E-state index in [0.29, 0.717) is 12.2 Å². The number of ether oxygens (including phenoxy) is 1. The van der Waals surface area contributed by atoms with Crippen molar-refractivity contribution in [2.45, 2.75) is 31.2 Å². The number of carbonyl (C=O) groups excluding carboxylic acids is 1. The van der Waals surface area contributed by atoms with Crippen LogP contribution in [0.1, 0.15) is 24.8 Å². The van der Waals surface area contributed by atoms with Gasteiger partial charge < -0.3 is 9.26 Å². The summed E-state index contributed by atoms with van der Waals surface area (Å²) in [6.45, 7) is 3.56. The maximum Gasteiger partial charge on any atom is 0.315 e. The van der Waals surface area contributed by atoms with Gasteiger partial charge in [-0.05, 0) is 13.8 Å². The lowest BCUT2D eigenvalue weighted by Gasteiger charge is -2.09. The highest BCUT2D eigenvalue weighted by molar-refractivity contribution is 6.53. The average Bonchev–Trinajstić information content (AvgIpc) is 2.84. The number of hydrogen-bond donors (Lipinski definition) is 0. The second-order valence-corrected chi connectivity index (χ2v) is 7.15. The van der Waals surface area contributed by atoms with E-state index in [1.165, 1.54) is 0 Å². The molecule has 0 N–H and O–H groups in total. The van der Waals surface area contributed by atoms with Crippen LogP contribution in [0.25, 0.3) is 11.4 Å². The van der Waals surface area contributed by atoms with Gasteiger partial charge >= 0.3 is 5.97 Å². The van der Waals surface area contributed by atoms with E-state index in [4.69, 9.17) is 32.5 Å². The summed E-state index contributed by atoms with van der Waals surface area (Å²) in [4.78, 5) is 16.1. The number of nitrogens with zero attached hydrogens (tertiary/aromatic N) is 2. The molecule has 1 unspecified atom stereocenters. The Labute approximate surface area is 137 Å². The van der Waals surface area contributed by atoms with Gasteiger partial charge in [-0.15, -0.1) is 23.2 Å². The summed E-state index contributed by atoms with van der Waals surface area (Å²) < 4.78 is 9.19. The first-order valence-electron chi connectivity index (χ1n) is 6.76. The molecule has 1 atom stereocenters. The standard InChI is InChI=1S/C15H14Cl2N2O3/c1-9-3-5-10(6-4-9)12-18-11(22-19-12)7-21-13(20)14(2)8-15(14,16)17/h3-6H,7-8H2,1-2H3. The van der Waals surface area contributed by atoms with Crippen molar-refractivity contribution in [1.29, 1.82) is 0 Å². The number of carbonyl (C=O) groups is 1. The van der Waals surface area contributed by atoms with Crippen molar-refractivity contribution in [3.63, 3.8) is 0 Å². The van der Waals surface area contributed by atoms with E-state index in [9.17, 15) is 4.79 Å². The minimum absolute atomic E-state index is 0.100. The fourth-order valence-electron chi connectivity index (χ4n) is 2.04. The molecule has 1 aromatic heterocycles. The van der Waals surface area contributed by atoms with Crippen molar-refractivity contribution in [1.82, 2.24) is 10.1 Å². The van der Waals surface area contributed by atoms with Gasteiger partial charge in [0.05, 0.1) is 0 Å². The fourth-order valence-corrected chi connectivity index (χ4v) is 2.73. The minimum Gasteiger partial charge on any atom is -0.455 e. The Bertz CT molecular complexity index is 712. The van der Waals surface area contributed by atoms with Crippen LogP contribution in [0.5, 0.6) is 0 Å². The van der Waals surface area contributed by atoms with Gasteiger partial charge in [0.25, 0.3) is 5.89 Å². The molecule has 1 heterocycles. The first kappa shape index (κ1) is 15.3. The van der Waals surface area contributed by atoms with Crippen LogP contribution in [0.15, 0.2) is 28.8 Å². The van der Waals surface area contributed by atoms with Crippen LogP contribution in [-0.2, 0) is 16.1 Å². The number of benzene rings is 1. The summed E-state index contributed by atoms with van der Waals surface area (Å²) in [5.74, 6) is 0.211. The fraction of sp³-hybridized carbons (Fsp3) is 0.400. The predicted octanol–water partition coefficient (Wildman–Crippen LogP) is 3.67. The van der Waals surface area contributed by atoms with E-state index in [1.54, 1.807) is 6.92 Å². The van der Waals surface area contributed by atoms with Gasteiger partial charge in [0, 0.05) is 12.0 Å². The first-order valence-corrected chi connectivity index (χ1v) is 7.52. The third kappa shape index (κ3) is 2.71. The lowest BCUT2D eigenvalue weighted by atomic mass is 10.1. The Morgan fingerprint density at radius 3 is 2.59 bits per heavy atom. The molecule has 1 fully saturated rings. The predicted molar refractivity (Wildman–Crippen MR) is 81.4 cm³/mol. The second kappa shape index (κ2) is 5.25. The molecule has 0 radical (unpaired) electrons. The number of hydrogen-bond acceptors (Lipinski definition) is 5. The molecule has 2 aromatic rings. The zero-order chi connectivity index (χ0) is 16.0. The zero-order valence-corrected chi connectivity index (χ0v) is 13.6. The summed E-state index contributed by atoms with van der Waals surface area (Å²) >= 11 is 11.9. The maximum atomic E-state index is 11.9. The van der Waals surface area contributed by atoms with Gasteiger partial charge in [0.1, 0.15) is 9.75 Å². The van der Waals surface area contributed by atoms with Gasteiger partial charge in [-0.3, -0.25) is 4.79 Å². The van der Waals surface area contributed by atoms with Crippen LogP contribution in [0.2, 0.25) is 0 Å². The van der Waals surface area contributed by atoms with Crippen molar-refractivity contribution >= 4 is 29.2 Å². The summed E-state index contributed by atoms with van der Waals surface area (Å²) in [5, 5.41) is 3.87. The number of alkyl halides is 2. The molecule has 0 saturated heterocycles. The summed E-state index contributed by atoms with van der Waals surface area (Å²) in [6, 6.07) is 7.72. The molecule has 0 amide bonds. The minimum atomic E-state index is -1.05. The number of aryl methyl sites for hydroxylation is 1. The van der Waals surface area contributed by atoms with Crippen molar-refractivity contribution < 1.29 is 14.1 Å². The highest BCUT2D eigenvalue weighted by Gasteiger charge is 2.69. The first-order chi connectivity index (χ1) is 10.3.